The Hall–Kier alpha value is -3.20. The van der Waals surface area contributed by atoms with Crippen LogP contribution in [-0.4, -0.2) is 39.3 Å². The molecule has 1 saturated heterocycles. The van der Waals surface area contributed by atoms with Crippen molar-refractivity contribution in [1.29, 1.82) is 0 Å². The molecule has 0 aromatic carbocycles. The number of thiazole rings is 1. The van der Waals surface area contributed by atoms with Gasteiger partial charge in [-0.1, -0.05) is 30.9 Å². The second kappa shape index (κ2) is 9.74. The van der Waals surface area contributed by atoms with E-state index in [0.29, 0.717) is 29.6 Å². The number of rotatable bonds is 5. The van der Waals surface area contributed by atoms with Gasteiger partial charge in [0.25, 0.3) is 0 Å². The van der Waals surface area contributed by atoms with Crippen LogP contribution in [0.2, 0.25) is 0 Å². The number of carbonyl (C=O) groups is 2. The third-order valence-electron chi connectivity index (χ3n) is 5.32. The van der Waals surface area contributed by atoms with Crippen molar-refractivity contribution in [1.82, 2.24) is 14.9 Å². The predicted molar refractivity (Wildman–Crippen MR) is 125 cm³/mol. The summed E-state index contributed by atoms with van der Waals surface area (Å²) in [5.74, 6) is -0.848. The van der Waals surface area contributed by atoms with Gasteiger partial charge in [-0.05, 0) is 55.9 Å². The zero-order valence-corrected chi connectivity index (χ0v) is 18.7. The Bertz CT molecular complexity index is 1030. The molecule has 2 aromatic rings. The first-order valence-electron chi connectivity index (χ1n) is 10.3. The number of likely N-dealkylation sites (tertiary alicyclic amines) is 1. The Labute approximate surface area is 186 Å². The fourth-order valence-electron chi connectivity index (χ4n) is 3.63. The molecule has 164 valence electrons. The summed E-state index contributed by atoms with van der Waals surface area (Å²) in [6.45, 7) is 8.51. The number of nitrogen functional groups attached to an aromatic ring is 2. The maximum absolute atomic E-state index is 12.9. The molecular formula is C22H28N6O2S. The van der Waals surface area contributed by atoms with Crippen molar-refractivity contribution in [3.8, 4) is 0 Å². The lowest BCUT2D eigenvalue weighted by atomic mass is 9.95. The molecule has 9 heteroatoms. The summed E-state index contributed by atoms with van der Waals surface area (Å²) in [5.41, 5.74) is 14.5. The average molecular weight is 441 g/mol. The van der Waals surface area contributed by atoms with Crippen LogP contribution in [0.15, 0.2) is 30.5 Å². The molecule has 0 unspecified atom stereocenters. The van der Waals surface area contributed by atoms with Crippen LogP contribution in [0.5, 0.6) is 0 Å². The van der Waals surface area contributed by atoms with Crippen LogP contribution in [0.1, 0.15) is 42.3 Å². The highest BCUT2D eigenvalue weighted by molar-refractivity contribution is 7.16. The first-order chi connectivity index (χ1) is 14.8. The van der Waals surface area contributed by atoms with Crippen molar-refractivity contribution < 1.29 is 9.59 Å². The van der Waals surface area contributed by atoms with Crippen LogP contribution < -0.4 is 16.8 Å². The summed E-state index contributed by atoms with van der Waals surface area (Å²) in [4.78, 5) is 36.5. The van der Waals surface area contributed by atoms with Crippen molar-refractivity contribution in [3.63, 3.8) is 0 Å². The molecule has 0 radical (unpaired) electrons. The smallest absolute Gasteiger partial charge is 0.313 e. The number of nitrogens with one attached hydrogen (secondary N) is 1. The lowest BCUT2D eigenvalue weighted by Crippen LogP contribution is -2.48. The van der Waals surface area contributed by atoms with Gasteiger partial charge in [0.05, 0.1) is 28.5 Å². The van der Waals surface area contributed by atoms with Gasteiger partial charge in [-0.25, -0.2) is 9.97 Å². The number of aromatic nitrogens is 2. The van der Waals surface area contributed by atoms with Crippen molar-refractivity contribution in [2.75, 3.05) is 23.3 Å². The highest BCUT2D eigenvalue weighted by Gasteiger charge is 2.31. The number of carbonyl (C=O) groups excluding carboxylic acids is 2. The van der Waals surface area contributed by atoms with Gasteiger partial charge in [0.1, 0.15) is 5.82 Å². The van der Waals surface area contributed by atoms with Crippen molar-refractivity contribution in [2.45, 2.75) is 45.6 Å². The van der Waals surface area contributed by atoms with Gasteiger partial charge in [-0.15, -0.1) is 0 Å². The Morgan fingerprint density at radius 1 is 1.39 bits per heavy atom. The highest BCUT2D eigenvalue weighted by atomic mass is 32.1. The number of anilines is 3. The Balaban J connectivity index is 1.71. The molecule has 1 fully saturated rings. The number of pyridine rings is 1. The fourth-order valence-corrected chi connectivity index (χ4v) is 4.36. The van der Waals surface area contributed by atoms with Gasteiger partial charge >= 0.3 is 11.8 Å². The number of piperidine rings is 1. The minimum atomic E-state index is -0.691. The molecule has 0 spiro atoms. The van der Waals surface area contributed by atoms with Gasteiger partial charge in [-0.2, -0.15) is 0 Å². The topological polar surface area (TPSA) is 127 Å². The second-order valence-electron chi connectivity index (χ2n) is 7.50. The quantitative estimate of drug-likeness (QED) is 0.484. The standard InChI is InChI=1S/C22H28N6O2S/c1-4-15-11-16(12-25-19(15)23)27-20(29)21(30)28-10-6-5-7-17(28)13(2)8-9-18-14(3)26-22(24)31-18/h8-9,11-12,17H,2,4-7,10H2,1,3H3,(H2,23,25)(H2,24,26)(H,27,29)/b9-8-/t17-/m0/s1. The minimum absolute atomic E-state index is 0.232. The number of nitrogens with two attached hydrogens (primary N) is 2. The summed E-state index contributed by atoms with van der Waals surface area (Å²) < 4.78 is 0. The molecule has 2 amide bonds. The van der Waals surface area contributed by atoms with Crippen LogP contribution in [0.3, 0.4) is 0 Å². The first kappa shape index (κ1) is 22.5. The Morgan fingerprint density at radius 3 is 2.84 bits per heavy atom. The fraction of sp³-hybridized carbons (Fsp3) is 0.364. The summed E-state index contributed by atoms with van der Waals surface area (Å²) in [7, 11) is 0. The maximum atomic E-state index is 12.9. The van der Waals surface area contributed by atoms with Crippen LogP contribution in [0, 0.1) is 6.92 Å². The Morgan fingerprint density at radius 2 is 2.16 bits per heavy atom. The predicted octanol–water partition coefficient (Wildman–Crippen LogP) is 3.16. The molecule has 0 aliphatic carbocycles. The van der Waals surface area contributed by atoms with Gasteiger partial charge in [0.2, 0.25) is 0 Å². The maximum Gasteiger partial charge on any atom is 0.313 e. The summed E-state index contributed by atoms with van der Waals surface area (Å²) in [6.07, 6.45) is 8.51. The molecule has 0 bridgehead atoms. The Kier molecular flexibility index (Phi) is 7.06. The monoisotopic (exact) mass is 440 g/mol. The average Bonchev–Trinajstić information content (AvgIpc) is 3.09. The molecule has 1 atom stereocenters. The first-order valence-corrected chi connectivity index (χ1v) is 11.1. The van der Waals surface area contributed by atoms with E-state index in [4.69, 9.17) is 11.5 Å². The van der Waals surface area contributed by atoms with Crippen LogP contribution >= 0.6 is 11.3 Å². The van der Waals surface area contributed by atoms with Crippen LogP contribution in [0.25, 0.3) is 6.08 Å². The molecule has 5 N–H and O–H groups in total. The SMILES string of the molecule is C=C(/C=C\c1sc(N)nc1C)[C@@H]1CCCCN1C(=O)C(=O)Nc1cnc(N)c(CC)c1. The molecule has 31 heavy (non-hydrogen) atoms. The van der Waals surface area contributed by atoms with Crippen LogP contribution in [0.4, 0.5) is 16.6 Å². The number of amides is 2. The van der Waals surface area contributed by atoms with E-state index >= 15 is 0 Å². The van der Waals surface area contributed by atoms with E-state index in [1.54, 1.807) is 11.0 Å². The largest absolute Gasteiger partial charge is 0.383 e. The molecule has 2 aromatic heterocycles. The summed E-state index contributed by atoms with van der Waals surface area (Å²) in [6, 6.07) is 1.51. The number of hydrogen-bond acceptors (Lipinski definition) is 7. The van der Waals surface area contributed by atoms with Crippen molar-refractivity contribution in [3.05, 3.63) is 46.6 Å². The van der Waals surface area contributed by atoms with Gasteiger partial charge < -0.3 is 21.7 Å². The van der Waals surface area contributed by atoms with Gasteiger partial charge in [0, 0.05) is 6.54 Å². The lowest BCUT2D eigenvalue weighted by Gasteiger charge is -2.35. The minimum Gasteiger partial charge on any atom is -0.383 e. The van der Waals surface area contributed by atoms with E-state index < -0.39 is 11.8 Å². The van der Waals surface area contributed by atoms with E-state index in [1.807, 2.05) is 26.0 Å². The molecule has 3 rings (SSSR count). The third kappa shape index (κ3) is 5.29. The summed E-state index contributed by atoms with van der Waals surface area (Å²) >= 11 is 1.40. The van der Waals surface area contributed by atoms with E-state index in [9.17, 15) is 9.59 Å². The number of hydrogen-bond donors (Lipinski definition) is 3. The van der Waals surface area contributed by atoms with Gasteiger partial charge in [-0.3, -0.25) is 9.59 Å². The van der Waals surface area contributed by atoms with Crippen LogP contribution in [-0.2, 0) is 16.0 Å². The number of nitrogens with zero attached hydrogens (tertiary/aromatic N) is 3. The molecule has 8 nitrogen and oxygen atoms in total. The van der Waals surface area contributed by atoms with Gasteiger partial charge in [0.15, 0.2) is 5.13 Å². The van der Waals surface area contributed by atoms with Crippen molar-refractivity contribution >= 4 is 45.9 Å². The van der Waals surface area contributed by atoms with E-state index in [2.05, 4.69) is 21.9 Å². The molecule has 1 aliphatic heterocycles. The van der Waals surface area contributed by atoms with E-state index in [0.717, 1.165) is 41.0 Å². The lowest BCUT2D eigenvalue weighted by molar-refractivity contribution is -0.145. The molecule has 3 heterocycles. The third-order valence-corrected chi connectivity index (χ3v) is 6.28. The molecular weight excluding hydrogens is 412 g/mol. The zero-order chi connectivity index (χ0) is 22.5. The second-order valence-corrected chi connectivity index (χ2v) is 8.56. The summed E-state index contributed by atoms with van der Waals surface area (Å²) in [5, 5.41) is 3.16. The van der Waals surface area contributed by atoms with Crippen molar-refractivity contribution in [2.24, 2.45) is 0 Å². The molecule has 0 saturated carbocycles. The zero-order valence-electron chi connectivity index (χ0n) is 17.9. The van der Waals surface area contributed by atoms with E-state index in [-0.39, 0.29) is 6.04 Å². The normalized spacial score (nSPS) is 16.5. The molecule has 1 aliphatic rings. The number of aryl methyl sites for hydroxylation is 2. The highest BCUT2D eigenvalue weighted by Crippen LogP contribution is 2.26. The van der Waals surface area contributed by atoms with E-state index in [1.165, 1.54) is 17.5 Å².